The van der Waals surface area contributed by atoms with Crippen LogP contribution < -0.4 is 0 Å². The fourth-order valence-corrected chi connectivity index (χ4v) is 1.65. The second-order valence-corrected chi connectivity index (χ2v) is 4.34. The normalized spacial score (nSPS) is 22.8. The fourth-order valence-electron chi connectivity index (χ4n) is 1.65. The van der Waals surface area contributed by atoms with Gasteiger partial charge in [-0.25, -0.2) is 0 Å². The Balaban J connectivity index is 1.67. The number of ether oxygens (including phenoxy) is 2. The van der Waals surface area contributed by atoms with Gasteiger partial charge in [0.2, 0.25) is 0 Å². The van der Waals surface area contributed by atoms with Gasteiger partial charge in [0.25, 0.3) is 0 Å². The van der Waals surface area contributed by atoms with Crippen molar-refractivity contribution >= 4 is 0 Å². The predicted molar refractivity (Wildman–Crippen MR) is 61.0 cm³/mol. The van der Waals surface area contributed by atoms with E-state index in [1.54, 1.807) is 0 Å². The molecule has 3 heteroatoms. The van der Waals surface area contributed by atoms with Crippen LogP contribution in [0.3, 0.4) is 0 Å². The molecule has 2 rings (SSSR count). The van der Waals surface area contributed by atoms with Crippen LogP contribution in [0.5, 0.6) is 0 Å². The van der Waals surface area contributed by atoms with Crippen LogP contribution in [0.4, 0.5) is 0 Å². The Morgan fingerprint density at radius 2 is 2.12 bits per heavy atom. The van der Waals surface area contributed by atoms with E-state index < -0.39 is 6.10 Å². The lowest BCUT2D eigenvalue weighted by molar-refractivity contribution is 0.0162. The highest BCUT2D eigenvalue weighted by atomic mass is 16.6. The highest BCUT2D eigenvalue weighted by Crippen LogP contribution is 2.20. The second-order valence-electron chi connectivity index (χ2n) is 4.34. The fraction of sp³-hybridized carbons (Fsp3) is 0.538. The van der Waals surface area contributed by atoms with E-state index in [1.807, 2.05) is 37.3 Å². The average molecular weight is 222 g/mol. The molecule has 1 heterocycles. The van der Waals surface area contributed by atoms with E-state index in [9.17, 15) is 5.11 Å². The number of rotatable bonds is 6. The molecule has 1 aromatic rings. The smallest absolute Gasteiger partial charge is 0.107 e. The SMILES string of the molecule is C[C@@H](COCc1ccccc1)[C@@H](O)[C@H]1CO1. The molecule has 1 saturated heterocycles. The molecule has 0 aromatic heterocycles. The van der Waals surface area contributed by atoms with Crippen LogP contribution in [0.1, 0.15) is 12.5 Å². The van der Waals surface area contributed by atoms with Crippen LogP contribution >= 0.6 is 0 Å². The monoisotopic (exact) mass is 222 g/mol. The summed E-state index contributed by atoms with van der Waals surface area (Å²) < 4.78 is 10.6. The van der Waals surface area contributed by atoms with Crippen molar-refractivity contribution in [2.45, 2.75) is 25.7 Å². The summed E-state index contributed by atoms with van der Waals surface area (Å²) in [6, 6.07) is 10.0. The molecule has 16 heavy (non-hydrogen) atoms. The Morgan fingerprint density at radius 3 is 2.75 bits per heavy atom. The minimum absolute atomic E-state index is 0.0373. The Hall–Kier alpha value is -0.900. The lowest BCUT2D eigenvalue weighted by Crippen LogP contribution is -2.27. The molecule has 0 unspecified atom stereocenters. The molecule has 1 aliphatic heterocycles. The summed E-state index contributed by atoms with van der Waals surface area (Å²) in [4.78, 5) is 0. The highest BCUT2D eigenvalue weighted by molar-refractivity contribution is 5.13. The number of hydrogen-bond acceptors (Lipinski definition) is 3. The first kappa shape index (κ1) is 11.6. The lowest BCUT2D eigenvalue weighted by atomic mass is 10.0. The van der Waals surface area contributed by atoms with Gasteiger partial charge in [0, 0.05) is 5.92 Å². The van der Waals surface area contributed by atoms with E-state index >= 15 is 0 Å². The molecule has 3 nitrogen and oxygen atoms in total. The summed E-state index contributed by atoms with van der Waals surface area (Å²) >= 11 is 0. The van der Waals surface area contributed by atoms with Gasteiger partial charge in [0.1, 0.15) is 6.10 Å². The first-order valence-electron chi connectivity index (χ1n) is 5.68. The molecule has 0 bridgehead atoms. The minimum atomic E-state index is -0.393. The van der Waals surface area contributed by atoms with Crippen molar-refractivity contribution in [3.8, 4) is 0 Å². The van der Waals surface area contributed by atoms with E-state index in [4.69, 9.17) is 9.47 Å². The quantitative estimate of drug-likeness (QED) is 0.743. The van der Waals surface area contributed by atoms with Gasteiger partial charge in [-0.3, -0.25) is 0 Å². The second kappa shape index (κ2) is 5.43. The van der Waals surface area contributed by atoms with Crippen molar-refractivity contribution in [2.75, 3.05) is 13.2 Å². The van der Waals surface area contributed by atoms with Crippen LogP contribution in [-0.2, 0) is 16.1 Å². The lowest BCUT2D eigenvalue weighted by Gasteiger charge is -2.16. The number of benzene rings is 1. The summed E-state index contributed by atoms with van der Waals surface area (Å²) in [5.74, 6) is 0.121. The van der Waals surface area contributed by atoms with Crippen molar-refractivity contribution in [3.63, 3.8) is 0 Å². The summed E-state index contributed by atoms with van der Waals surface area (Å²) in [6.45, 7) is 3.83. The molecule has 1 fully saturated rings. The van der Waals surface area contributed by atoms with E-state index in [0.717, 1.165) is 5.56 Å². The predicted octanol–water partition coefficient (Wildman–Crippen LogP) is 1.60. The number of aliphatic hydroxyl groups excluding tert-OH is 1. The molecule has 1 aliphatic rings. The van der Waals surface area contributed by atoms with E-state index in [2.05, 4.69) is 0 Å². The van der Waals surface area contributed by atoms with Gasteiger partial charge in [0.05, 0.1) is 25.9 Å². The first-order chi connectivity index (χ1) is 7.77. The van der Waals surface area contributed by atoms with E-state index in [-0.39, 0.29) is 12.0 Å². The van der Waals surface area contributed by atoms with Crippen LogP contribution in [-0.4, -0.2) is 30.5 Å². The largest absolute Gasteiger partial charge is 0.390 e. The van der Waals surface area contributed by atoms with Gasteiger partial charge >= 0.3 is 0 Å². The third kappa shape index (κ3) is 3.30. The van der Waals surface area contributed by atoms with Gasteiger partial charge in [-0.15, -0.1) is 0 Å². The van der Waals surface area contributed by atoms with Crippen LogP contribution in [0, 0.1) is 5.92 Å². The molecule has 0 spiro atoms. The van der Waals surface area contributed by atoms with E-state index in [0.29, 0.717) is 19.8 Å². The Labute approximate surface area is 96.0 Å². The van der Waals surface area contributed by atoms with Gasteiger partial charge < -0.3 is 14.6 Å². The van der Waals surface area contributed by atoms with Crippen molar-refractivity contribution in [3.05, 3.63) is 35.9 Å². The molecular weight excluding hydrogens is 204 g/mol. The van der Waals surface area contributed by atoms with Crippen LogP contribution in [0.2, 0.25) is 0 Å². The maximum absolute atomic E-state index is 9.75. The van der Waals surface area contributed by atoms with Gasteiger partial charge in [-0.2, -0.15) is 0 Å². The van der Waals surface area contributed by atoms with E-state index in [1.165, 1.54) is 0 Å². The standard InChI is InChI=1S/C13H18O3/c1-10(13(14)12-9-16-12)7-15-8-11-5-3-2-4-6-11/h2-6,10,12-14H,7-9H2,1H3/t10-,12+,13+/m0/s1. The zero-order valence-corrected chi connectivity index (χ0v) is 9.50. The molecule has 3 atom stereocenters. The van der Waals surface area contributed by atoms with Gasteiger partial charge in [-0.1, -0.05) is 37.3 Å². The number of epoxide rings is 1. The number of hydrogen-bond donors (Lipinski definition) is 1. The zero-order valence-electron chi connectivity index (χ0n) is 9.50. The molecule has 0 amide bonds. The maximum atomic E-state index is 9.75. The maximum Gasteiger partial charge on any atom is 0.107 e. The van der Waals surface area contributed by atoms with Crippen LogP contribution in [0.15, 0.2) is 30.3 Å². The molecular formula is C13H18O3. The first-order valence-corrected chi connectivity index (χ1v) is 5.68. The van der Waals surface area contributed by atoms with Crippen molar-refractivity contribution < 1.29 is 14.6 Å². The number of aliphatic hydroxyl groups is 1. The van der Waals surface area contributed by atoms with Gasteiger partial charge in [0.15, 0.2) is 0 Å². The topological polar surface area (TPSA) is 42.0 Å². The zero-order chi connectivity index (χ0) is 11.4. The Kier molecular flexibility index (Phi) is 3.93. The molecule has 1 aromatic carbocycles. The summed E-state index contributed by atoms with van der Waals surface area (Å²) in [5, 5.41) is 9.75. The summed E-state index contributed by atoms with van der Waals surface area (Å²) in [7, 11) is 0. The Bertz CT molecular complexity index is 308. The molecule has 0 saturated carbocycles. The third-order valence-corrected chi connectivity index (χ3v) is 2.82. The van der Waals surface area contributed by atoms with Crippen molar-refractivity contribution in [1.29, 1.82) is 0 Å². The summed E-state index contributed by atoms with van der Waals surface area (Å²) in [6.07, 6.45) is -0.355. The summed E-state index contributed by atoms with van der Waals surface area (Å²) in [5.41, 5.74) is 1.16. The van der Waals surface area contributed by atoms with Crippen molar-refractivity contribution in [1.82, 2.24) is 0 Å². The third-order valence-electron chi connectivity index (χ3n) is 2.82. The van der Waals surface area contributed by atoms with Crippen molar-refractivity contribution in [2.24, 2.45) is 5.92 Å². The minimum Gasteiger partial charge on any atom is -0.390 e. The molecule has 0 radical (unpaired) electrons. The van der Waals surface area contributed by atoms with Gasteiger partial charge in [-0.05, 0) is 5.56 Å². The highest BCUT2D eigenvalue weighted by Gasteiger charge is 2.34. The Morgan fingerprint density at radius 1 is 1.44 bits per heavy atom. The molecule has 1 N–H and O–H groups in total. The molecule has 88 valence electrons. The van der Waals surface area contributed by atoms with Crippen LogP contribution in [0.25, 0.3) is 0 Å². The average Bonchev–Trinajstić information content (AvgIpc) is 3.13. The molecule has 0 aliphatic carbocycles.